The number of guanidine groups is 1. The molecule has 0 atom stereocenters. The molecule has 1 aromatic heterocycles. The molecule has 0 aliphatic heterocycles. The molecule has 0 fully saturated rings. The van der Waals surface area contributed by atoms with E-state index in [0.29, 0.717) is 56.0 Å². The number of nitrogens with one attached hydrogen (secondary N) is 1. The van der Waals surface area contributed by atoms with Gasteiger partial charge in [-0.15, -0.1) is 0 Å². The molecule has 0 aliphatic rings. The molecule has 10 nitrogen and oxygen atoms in total. The van der Waals surface area contributed by atoms with E-state index in [4.69, 9.17) is 30.4 Å². The van der Waals surface area contributed by atoms with E-state index < -0.39 is 0 Å². The second-order valence-corrected chi connectivity index (χ2v) is 6.81. The highest BCUT2D eigenvalue weighted by molar-refractivity contribution is 5.92. The second-order valence-electron chi connectivity index (χ2n) is 6.81. The van der Waals surface area contributed by atoms with Gasteiger partial charge in [0.1, 0.15) is 13.2 Å². The van der Waals surface area contributed by atoms with E-state index in [2.05, 4.69) is 15.3 Å². The largest absolute Gasteiger partial charge is 0.487 e. The Morgan fingerprint density at radius 2 is 1.72 bits per heavy atom. The predicted octanol–water partition coefficient (Wildman–Crippen LogP) is 0.944. The highest BCUT2D eigenvalue weighted by atomic mass is 16.5. The molecule has 2 rings (SSSR count). The van der Waals surface area contributed by atoms with Crippen LogP contribution in [0.15, 0.2) is 59.0 Å². The van der Waals surface area contributed by atoms with Gasteiger partial charge in [-0.3, -0.25) is 5.32 Å². The topological polar surface area (TPSA) is 143 Å². The van der Waals surface area contributed by atoms with Crippen LogP contribution < -0.4 is 31.6 Å². The zero-order valence-electron chi connectivity index (χ0n) is 18.8. The first kappa shape index (κ1) is 24.9. The molecule has 0 saturated heterocycles. The number of anilines is 1. The summed E-state index contributed by atoms with van der Waals surface area (Å²) >= 11 is 0. The Morgan fingerprint density at radius 3 is 2.38 bits per heavy atom. The first-order valence-electron chi connectivity index (χ1n) is 10.2. The lowest BCUT2D eigenvalue weighted by Gasteiger charge is -2.14. The fourth-order valence-electron chi connectivity index (χ4n) is 2.51. The number of nitrogens with zero attached hydrogens (tertiary/aromatic N) is 2. The van der Waals surface area contributed by atoms with E-state index in [1.54, 1.807) is 37.9 Å². The smallest absolute Gasteiger partial charge is 0.230 e. The molecule has 174 valence electrons. The lowest BCUT2D eigenvalue weighted by molar-refractivity contribution is -0.524. The van der Waals surface area contributed by atoms with Crippen molar-refractivity contribution in [3.8, 4) is 11.5 Å². The molecule has 0 bridgehead atoms. The van der Waals surface area contributed by atoms with E-state index in [0.717, 1.165) is 11.4 Å². The van der Waals surface area contributed by atoms with Crippen molar-refractivity contribution in [2.24, 2.45) is 16.5 Å². The van der Waals surface area contributed by atoms with Crippen LogP contribution in [-0.4, -0.2) is 58.1 Å². The van der Waals surface area contributed by atoms with Gasteiger partial charge >= 0.3 is 0 Å². The molecule has 2 aromatic rings. The zero-order chi connectivity index (χ0) is 23.2. The Morgan fingerprint density at radius 1 is 1.00 bits per heavy atom. The first-order chi connectivity index (χ1) is 15.5. The number of aliphatic imine (C=N–C) groups is 1. The van der Waals surface area contributed by atoms with E-state index >= 15 is 0 Å². The maximum Gasteiger partial charge on any atom is 0.230 e. The molecule has 7 N–H and O–H groups in total. The number of pyridine rings is 1. The van der Waals surface area contributed by atoms with Gasteiger partial charge in [0.15, 0.2) is 17.5 Å². The lowest BCUT2D eigenvalue weighted by Crippen LogP contribution is -2.79. The van der Waals surface area contributed by atoms with Crippen molar-refractivity contribution < 1.29 is 24.3 Å². The maximum absolute atomic E-state index is 6.14. The van der Waals surface area contributed by atoms with Gasteiger partial charge in [-0.05, 0) is 25.1 Å². The summed E-state index contributed by atoms with van der Waals surface area (Å²) in [7, 11) is 3.24. The molecule has 0 spiro atoms. The fourth-order valence-corrected chi connectivity index (χ4v) is 2.51. The van der Waals surface area contributed by atoms with Crippen LogP contribution in [0.3, 0.4) is 0 Å². The molecular formula is C22H33N6O4+. The molecule has 0 amide bonds. The summed E-state index contributed by atoms with van der Waals surface area (Å²) in [6.07, 6.45) is 1.72. The van der Waals surface area contributed by atoms with Crippen molar-refractivity contribution in [1.82, 2.24) is 4.98 Å². The van der Waals surface area contributed by atoms with E-state index in [9.17, 15) is 0 Å². The Hall–Kier alpha value is -3.34. The van der Waals surface area contributed by atoms with Crippen molar-refractivity contribution in [3.63, 3.8) is 0 Å². The van der Waals surface area contributed by atoms with Crippen LogP contribution in [0.1, 0.15) is 6.92 Å². The fraction of sp³-hybridized carbons (Fsp3) is 0.364. The third-order valence-corrected chi connectivity index (χ3v) is 4.28. The number of quaternary nitrogens is 1. The number of benzene rings is 1. The Labute approximate surface area is 188 Å². The maximum atomic E-state index is 6.14. The SMILES string of the molecule is COCCOc1ccc(NC(N)=NCC(C)=C(N)[NH2+]c2ccccn2)cc1OCCOC. The number of methoxy groups -OCH3 is 2. The molecule has 0 aliphatic carbocycles. The Kier molecular flexibility index (Phi) is 10.8. The first-order valence-corrected chi connectivity index (χ1v) is 10.2. The van der Waals surface area contributed by atoms with E-state index in [1.807, 2.05) is 31.2 Å². The van der Waals surface area contributed by atoms with Gasteiger partial charge in [0, 0.05) is 43.8 Å². The second kappa shape index (κ2) is 13.9. The number of hydrogen-bond donors (Lipinski definition) is 4. The normalized spacial score (nSPS) is 12.3. The number of aromatic nitrogens is 1. The molecule has 10 heteroatoms. The van der Waals surface area contributed by atoms with Crippen LogP contribution in [0, 0.1) is 0 Å². The molecule has 1 aromatic carbocycles. The minimum Gasteiger partial charge on any atom is -0.487 e. The van der Waals surface area contributed by atoms with Crippen LogP contribution >= 0.6 is 0 Å². The van der Waals surface area contributed by atoms with Gasteiger partial charge in [-0.25, -0.2) is 9.98 Å². The Bertz CT molecular complexity index is 889. The highest BCUT2D eigenvalue weighted by Gasteiger charge is 2.09. The van der Waals surface area contributed by atoms with Gasteiger partial charge in [0.2, 0.25) is 11.6 Å². The van der Waals surface area contributed by atoms with Crippen molar-refractivity contribution in [3.05, 3.63) is 54.0 Å². The minimum atomic E-state index is 0.255. The van der Waals surface area contributed by atoms with E-state index in [1.165, 1.54) is 0 Å². The van der Waals surface area contributed by atoms with Crippen LogP contribution in [0.4, 0.5) is 11.5 Å². The quantitative estimate of drug-likeness (QED) is 0.203. The summed E-state index contributed by atoms with van der Waals surface area (Å²) in [5, 5.41) is 4.87. The number of ether oxygens (including phenoxy) is 4. The molecule has 1 heterocycles. The minimum absolute atomic E-state index is 0.255. The van der Waals surface area contributed by atoms with Crippen LogP contribution in [0.2, 0.25) is 0 Å². The van der Waals surface area contributed by atoms with Crippen molar-refractivity contribution in [1.29, 1.82) is 0 Å². The van der Waals surface area contributed by atoms with Crippen LogP contribution in [0.25, 0.3) is 0 Å². The number of rotatable bonds is 13. The standard InChI is InChI=1S/C22H32N6O4/c1-16(21(23)28-20-6-4-5-9-25-20)15-26-22(24)27-17-7-8-18(31-12-10-29-2)19(14-17)32-13-11-30-3/h4-9,14H,10-13,15,23H2,1-3H3,(H,25,28)(H3,24,26,27)/p+1. The average molecular weight is 446 g/mol. The summed E-state index contributed by atoms with van der Waals surface area (Å²) in [5.74, 6) is 2.82. The van der Waals surface area contributed by atoms with Gasteiger partial charge in [0.05, 0.1) is 19.8 Å². The zero-order valence-corrected chi connectivity index (χ0v) is 18.8. The molecule has 0 saturated carbocycles. The molecular weight excluding hydrogens is 412 g/mol. The summed E-state index contributed by atoms with van der Waals surface area (Å²) in [5.41, 5.74) is 13.8. The summed E-state index contributed by atoms with van der Waals surface area (Å²) in [6, 6.07) is 11.1. The highest BCUT2D eigenvalue weighted by Crippen LogP contribution is 2.30. The third kappa shape index (κ3) is 8.80. The number of nitrogens with two attached hydrogens (primary N) is 3. The van der Waals surface area contributed by atoms with Gasteiger partial charge in [0.25, 0.3) is 0 Å². The summed E-state index contributed by atoms with van der Waals surface area (Å²) in [4.78, 5) is 8.60. The molecule has 0 unspecified atom stereocenters. The third-order valence-electron chi connectivity index (χ3n) is 4.28. The lowest BCUT2D eigenvalue weighted by atomic mass is 10.2. The van der Waals surface area contributed by atoms with Gasteiger partial charge in [-0.2, -0.15) is 0 Å². The summed E-state index contributed by atoms with van der Waals surface area (Å²) < 4.78 is 21.6. The van der Waals surface area contributed by atoms with E-state index in [-0.39, 0.29) is 5.96 Å². The van der Waals surface area contributed by atoms with Gasteiger partial charge in [-0.1, -0.05) is 6.07 Å². The average Bonchev–Trinajstić information content (AvgIpc) is 2.79. The van der Waals surface area contributed by atoms with Crippen molar-refractivity contribution >= 4 is 17.5 Å². The number of hydrogen-bond acceptors (Lipinski definition) is 7. The predicted molar refractivity (Wildman–Crippen MR) is 124 cm³/mol. The van der Waals surface area contributed by atoms with Crippen molar-refractivity contribution in [2.45, 2.75) is 6.92 Å². The molecule has 32 heavy (non-hydrogen) atoms. The Balaban J connectivity index is 2.01. The summed E-state index contributed by atoms with van der Waals surface area (Å²) in [6.45, 7) is 3.99. The van der Waals surface area contributed by atoms with Gasteiger partial charge < -0.3 is 35.7 Å². The van der Waals surface area contributed by atoms with Crippen LogP contribution in [-0.2, 0) is 9.47 Å². The monoisotopic (exact) mass is 445 g/mol. The van der Waals surface area contributed by atoms with Crippen LogP contribution in [0.5, 0.6) is 11.5 Å². The molecule has 0 radical (unpaired) electrons. The van der Waals surface area contributed by atoms with Crippen molar-refractivity contribution in [2.75, 3.05) is 52.5 Å².